The van der Waals surface area contributed by atoms with E-state index >= 15 is 0 Å². The molecule has 0 saturated heterocycles. The highest BCUT2D eigenvalue weighted by atomic mass is 19.1. The molecule has 2 aromatic heterocycles. The molecule has 3 N–H and O–H groups in total. The Labute approximate surface area is 96.2 Å². The molecular formula is C10H10FN5O. The Morgan fingerprint density at radius 1 is 1.53 bits per heavy atom. The van der Waals surface area contributed by atoms with Crippen LogP contribution in [0.2, 0.25) is 0 Å². The van der Waals surface area contributed by atoms with Crippen LogP contribution in [0.3, 0.4) is 0 Å². The van der Waals surface area contributed by atoms with Gasteiger partial charge in [0.05, 0.1) is 12.7 Å². The second kappa shape index (κ2) is 4.60. The molecule has 0 bridgehead atoms. The number of aromatic nitrogens is 3. The second-order valence-corrected chi connectivity index (χ2v) is 3.38. The summed E-state index contributed by atoms with van der Waals surface area (Å²) in [6.07, 6.45) is 5.83. The molecule has 0 aliphatic carbocycles. The summed E-state index contributed by atoms with van der Waals surface area (Å²) in [5.74, 6) is -0.191. The van der Waals surface area contributed by atoms with E-state index in [4.69, 9.17) is 10.9 Å². The standard InChI is InChI=1S/C10H10FN5O/c11-8-3-7(4-13-5-8)6-16-2-1-14-10(16)9(12)15-17/h1-5,17H,6H2,(H2,12,15). The molecule has 0 radical (unpaired) electrons. The molecule has 2 aromatic rings. The average Bonchev–Trinajstić information content (AvgIpc) is 2.76. The zero-order chi connectivity index (χ0) is 12.3. The highest BCUT2D eigenvalue weighted by molar-refractivity contribution is 5.93. The van der Waals surface area contributed by atoms with Crippen molar-refractivity contribution in [1.29, 1.82) is 0 Å². The van der Waals surface area contributed by atoms with Gasteiger partial charge in [-0.15, -0.1) is 0 Å². The first-order valence-electron chi connectivity index (χ1n) is 4.79. The van der Waals surface area contributed by atoms with Gasteiger partial charge in [-0.3, -0.25) is 4.98 Å². The molecule has 88 valence electrons. The van der Waals surface area contributed by atoms with Gasteiger partial charge in [-0.25, -0.2) is 9.37 Å². The fraction of sp³-hybridized carbons (Fsp3) is 0.100. The molecule has 6 nitrogen and oxygen atoms in total. The first kappa shape index (κ1) is 11.1. The maximum Gasteiger partial charge on any atom is 0.206 e. The maximum atomic E-state index is 12.9. The third kappa shape index (κ3) is 2.39. The van der Waals surface area contributed by atoms with E-state index in [2.05, 4.69) is 15.1 Å². The molecule has 0 saturated carbocycles. The molecule has 0 unspecified atom stereocenters. The summed E-state index contributed by atoms with van der Waals surface area (Å²) in [5, 5.41) is 11.5. The summed E-state index contributed by atoms with van der Waals surface area (Å²) < 4.78 is 14.6. The van der Waals surface area contributed by atoms with Crippen molar-refractivity contribution in [1.82, 2.24) is 14.5 Å². The maximum absolute atomic E-state index is 12.9. The Hall–Kier alpha value is -2.44. The van der Waals surface area contributed by atoms with Gasteiger partial charge in [0, 0.05) is 18.6 Å². The van der Waals surface area contributed by atoms with Crippen molar-refractivity contribution in [2.24, 2.45) is 10.9 Å². The van der Waals surface area contributed by atoms with E-state index in [9.17, 15) is 4.39 Å². The lowest BCUT2D eigenvalue weighted by atomic mass is 10.3. The van der Waals surface area contributed by atoms with Crippen molar-refractivity contribution in [3.63, 3.8) is 0 Å². The minimum Gasteiger partial charge on any atom is -0.409 e. The Morgan fingerprint density at radius 2 is 2.35 bits per heavy atom. The fourth-order valence-corrected chi connectivity index (χ4v) is 1.45. The van der Waals surface area contributed by atoms with Crippen molar-refractivity contribution < 1.29 is 9.60 Å². The Kier molecular flexibility index (Phi) is 2.99. The number of halogens is 1. The molecule has 0 atom stereocenters. The van der Waals surface area contributed by atoms with Crippen LogP contribution in [0.4, 0.5) is 4.39 Å². The van der Waals surface area contributed by atoms with E-state index in [-0.39, 0.29) is 5.84 Å². The monoisotopic (exact) mass is 235 g/mol. The lowest BCUT2D eigenvalue weighted by molar-refractivity contribution is 0.318. The van der Waals surface area contributed by atoms with Crippen LogP contribution in [0.1, 0.15) is 11.4 Å². The third-order valence-corrected chi connectivity index (χ3v) is 2.17. The van der Waals surface area contributed by atoms with Gasteiger partial charge >= 0.3 is 0 Å². The molecule has 0 amide bonds. The quantitative estimate of drug-likeness (QED) is 0.352. The molecule has 0 aromatic carbocycles. The molecule has 7 heteroatoms. The van der Waals surface area contributed by atoms with E-state index in [0.29, 0.717) is 17.9 Å². The summed E-state index contributed by atoms with van der Waals surface area (Å²) in [7, 11) is 0. The van der Waals surface area contributed by atoms with E-state index in [1.165, 1.54) is 12.3 Å². The summed E-state index contributed by atoms with van der Waals surface area (Å²) in [6.45, 7) is 0.344. The SMILES string of the molecule is N/C(=N/O)c1nccn1Cc1cncc(F)c1. The van der Waals surface area contributed by atoms with Gasteiger partial charge < -0.3 is 15.5 Å². The van der Waals surface area contributed by atoms with Crippen LogP contribution in [0.5, 0.6) is 0 Å². The van der Waals surface area contributed by atoms with E-state index < -0.39 is 5.82 Å². The van der Waals surface area contributed by atoms with Gasteiger partial charge in [-0.1, -0.05) is 5.16 Å². The molecule has 0 aliphatic rings. The second-order valence-electron chi connectivity index (χ2n) is 3.38. The van der Waals surface area contributed by atoms with Crippen molar-refractivity contribution in [2.75, 3.05) is 0 Å². The molecule has 2 heterocycles. The van der Waals surface area contributed by atoms with E-state index in [0.717, 1.165) is 6.20 Å². The van der Waals surface area contributed by atoms with Crippen LogP contribution in [0, 0.1) is 5.82 Å². The summed E-state index contributed by atoms with van der Waals surface area (Å²) in [6, 6.07) is 1.36. The number of nitrogens with two attached hydrogens (primary N) is 1. The van der Waals surface area contributed by atoms with Crippen molar-refractivity contribution >= 4 is 5.84 Å². The Morgan fingerprint density at radius 3 is 3.06 bits per heavy atom. The Bertz CT molecular complexity index is 551. The van der Waals surface area contributed by atoms with Crippen molar-refractivity contribution in [3.8, 4) is 0 Å². The fourth-order valence-electron chi connectivity index (χ4n) is 1.45. The first-order chi connectivity index (χ1) is 8.20. The largest absolute Gasteiger partial charge is 0.409 e. The zero-order valence-corrected chi connectivity index (χ0v) is 8.79. The predicted octanol–water partition coefficient (Wildman–Crippen LogP) is 0.560. The van der Waals surface area contributed by atoms with Gasteiger partial charge in [-0.2, -0.15) is 0 Å². The van der Waals surface area contributed by atoms with Crippen LogP contribution >= 0.6 is 0 Å². The average molecular weight is 235 g/mol. The number of pyridine rings is 1. The number of oxime groups is 1. The molecule has 0 spiro atoms. The lowest BCUT2D eigenvalue weighted by Gasteiger charge is -2.06. The highest BCUT2D eigenvalue weighted by Crippen LogP contribution is 2.06. The van der Waals surface area contributed by atoms with Gasteiger partial charge in [0.1, 0.15) is 5.82 Å². The number of imidazole rings is 1. The molecule has 0 fully saturated rings. The molecular weight excluding hydrogens is 225 g/mol. The number of hydrogen-bond donors (Lipinski definition) is 2. The molecule has 2 rings (SSSR count). The molecule has 17 heavy (non-hydrogen) atoms. The van der Waals surface area contributed by atoms with Crippen LogP contribution in [-0.4, -0.2) is 25.6 Å². The predicted molar refractivity (Wildman–Crippen MR) is 58.0 cm³/mol. The summed E-state index contributed by atoms with van der Waals surface area (Å²) >= 11 is 0. The zero-order valence-electron chi connectivity index (χ0n) is 8.79. The topological polar surface area (TPSA) is 89.3 Å². The van der Waals surface area contributed by atoms with Gasteiger partial charge in [-0.05, 0) is 11.6 Å². The lowest BCUT2D eigenvalue weighted by Crippen LogP contribution is -2.19. The van der Waals surface area contributed by atoms with Crippen LogP contribution in [0.15, 0.2) is 36.0 Å². The van der Waals surface area contributed by atoms with Gasteiger partial charge in [0.2, 0.25) is 5.84 Å². The molecule has 0 aliphatic heterocycles. The number of amidine groups is 1. The number of nitrogens with zero attached hydrogens (tertiary/aromatic N) is 4. The van der Waals surface area contributed by atoms with Crippen molar-refractivity contribution in [3.05, 3.63) is 48.1 Å². The number of hydrogen-bond acceptors (Lipinski definition) is 4. The van der Waals surface area contributed by atoms with Crippen LogP contribution < -0.4 is 5.73 Å². The van der Waals surface area contributed by atoms with Gasteiger partial charge in [0.25, 0.3) is 0 Å². The van der Waals surface area contributed by atoms with Gasteiger partial charge in [0.15, 0.2) is 5.82 Å². The smallest absolute Gasteiger partial charge is 0.206 e. The summed E-state index contributed by atoms with van der Waals surface area (Å²) in [4.78, 5) is 7.68. The van der Waals surface area contributed by atoms with Crippen LogP contribution in [-0.2, 0) is 6.54 Å². The van der Waals surface area contributed by atoms with E-state index in [1.54, 1.807) is 17.0 Å². The normalized spacial score (nSPS) is 11.7. The minimum absolute atomic E-state index is 0.0978. The highest BCUT2D eigenvalue weighted by Gasteiger charge is 2.08. The Balaban J connectivity index is 2.28. The minimum atomic E-state index is -0.409. The van der Waals surface area contributed by atoms with Crippen LogP contribution in [0.25, 0.3) is 0 Å². The van der Waals surface area contributed by atoms with Crippen molar-refractivity contribution in [2.45, 2.75) is 6.54 Å². The summed E-state index contributed by atoms with van der Waals surface area (Å²) in [5.41, 5.74) is 6.11. The number of rotatable bonds is 3. The first-order valence-corrected chi connectivity index (χ1v) is 4.79. The third-order valence-electron chi connectivity index (χ3n) is 2.17. The van der Waals surface area contributed by atoms with E-state index in [1.807, 2.05) is 0 Å².